The summed E-state index contributed by atoms with van der Waals surface area (Å²) in [6, 6.07) is 0. The van der Waals surface area contributed by atoms with Crippen molar-refractivity contribution in [2.75, 3.05) is 25.8 Å². The van der Waals surface area contributed by atoms with Crippen molar-refractivity contribution in [3.63, 3.8) is 0 Å². The van der Waals surface area contributed by atoms with Gasteiger partial charge >= 0.3 is 0 Å². The van der Waals surface area contributed by atoms with Crippen molar-refractivity contribution < 1.29 is 27.7 Å². The zero-order chi connectivity index (χ0) is 16.2. The number of rotatable bonds is 0. The second kappa shape index (κ2) is 13.3. The molecular formula is C9H26BO6PS. The van der Waals surface area contributed by atoms with Crippen molar-refractivity contribution in [2.24, 2.45) is 0 Å². The lowest BCUT2D eigenvalue weighted by Gasteiger charge is -1.86. The van der Waals surface area contributed by atoms with E-state index in [0.29, 0.717) is 0 Å². The molecule has 0 atom stereocenters. The molecule has 0 aliphatic carbocycles. The fourth-order valence-corrected chi connectivity index (χ4v) is 0. The number of hydrogen-bond acceptors (Lipinski definition) is 5. The molecule has 0 rings (SSSR count). The molecule has 0 saturated carbocycles. The fourth-order valence-electron chi connectivity index (χ4n) is 0. The van der Waals surface area contributed by atoms with Crippen molar-refractivity contribution in [3.05, 3.63) is 0 Å². The number of carbonyl (C=O) groups excluding carboxylic acids is 1. The summed E-state index contributed by atoms with van der Waals surface area (Å²) in [5, 5.41) is 8.06. The first kappa shape index (κ1) is 26.4. The van der Waals surface area contributed by atoms with Crippen molar-refractivity contribution in [1.82, 2.24) is 0 Å². The molecule has 0 aromatic rings. The molecule has 0 spiro atoms. The smallest absolute Gasteiger partial charge is 0.282 e. The van der Waals surface area contributed by atoms with Crippen LogP contribution in [0.2, 0.25) is 13.6 Å². The van der Waals surface area contributed by atoms with Crippen molar-refractivity contribution >= 4 is 29.9 Å². The standard InChI is InChI=1S/C3H6O.C2H7BO.C2H7O2P.C2H6O2S/c2*1-3(2)4;2*1-5(2,3)4/h1-2H3;4H,1-2H3;1-2H3,(H,3,4);1-2H3. The van der Waals surface area contributed by atoms with Crippen LogP contribution in [0.1, 0.15) is 13.8 Å². The van der Waals surface area contributed by atoms with Crippen LogP contribution in [0.15, 0.2) is 0 Å². The summed E-state index contributed by atoms with van der Waals surface area (Å²) >= 11 is 0. The van der Waals surface area contributed by atoms with Crippen molar-refractivity contribution in [3.8, 4) is 0 Å². The van der Waals surface area contributed by atoms with E-state index in [2.05, 4.69) is 0 Å². The second-order valence-electron chi connectivity index (χ2n) is 4.44. The van der Waals surface area contributed by atoms with Gasteiger partial charge in [0.1, 0.15) is 15.6 Å². The first-order valence-corrected chi connectivity index (χ1v) is 9.90. The van der Waals surface area contributed by atoms with E-state index >= 15 is 0 Å². The third-order valence-electron chi connectivity index (χ3n) is 0. The zero-order valence-electron chi connectivity index (χ0n) is 12.5. The van der Waals surface area contributed by atoms with E-state index in [1.165, 1.54) is 27.2 Å². The number of ketones is 1. The molecule has 0 unspecified atom stereocenters. The summed E-state index contributed by atoms with van der Waals surface area (Å²) in [7, 11) is -5.31. The molecule has 0 aromatic carbocycles. The topological polar surface area (TPSA) is 109 Å². The van der Waals surface area contributed by atoms with Crippen LogP contribution in [0.25, 0.3) is 0 Å². The summed E-state index contributed by atoms with van der Waals surface area (Å²) in [4.78, 5) is 17.5. The minimum atomic E-state index is -2.67. The third kappa shape index (κ3) is 128000. The van der Waals surface area contributed by atoms with Gasteiger partial charge in [0.2, 0.25) is 0 Å². The Morgan fingerprint density at radius 1 is 1.11 bits per heavy atom. The van der Waals surface area contributed by atoms with E-state index in [1.54, 1.807) is 13.6 Å². The molecule has 0 aliphatic heterocycles. The minimum Gasteiger partial charge on any atom is -0.451 e. The van der Waals surface area contributed by atoms with E-state index in [9.17, 15) is 17.8 Å². The predicted octanol–water partition coefficient (Wildman–Crippen LogP) is 1.00. The van der Waals surface area contributed by atoms with Crippen LogP contribution in [0.4, 0.5) is 0 Å². The Morgan fingerprint density at radius 3 is 1.11 bits per heavy atom. The summed E-state index contributed by atoms with van der Waals surface area (Å²) in [5.74, 6) is 0.167. The van der Waals surface area contributed by atoms with Crippen LogP contribution in [-0.4, -0.2) is 56.9 Å². The Balaban J connectivity index is -0.0000000731. The molecule has 0 amide bonds. The number of carbonyl (C=O) groups is 1. The maximum Gasteiger partial charge on any atom is 0.282 e. The van der Waals surface area contributed by atoms with E-state index < -0.39 is 17.2 Å². The maximum absolute atomic E-state index is 9.77. The first-order chi connectivity index (χ1) is 7.46. The predicted molar refractivity (Wildman–Crippen MR) is 78.5 cm³/mol. The lowest BCUT2D eigenvalue weighted by molar-refractivity contribution is -0.115. The zero-order valence-corrected chi connectivity index (χ0v) is 14.2. The van der Waals surface area contributed by atoms with Gasteiger partial charge in [0.15, 0.2) is 7.37 Å². The van der Waals surface area contributed by atoms with Gasteiger partial charge in [0.05, 0.1) is 0 Å². The van der Waals surface area contributed by atoms with Crippen LogP contribution < -0.4 is 0 Å². The SMILES string of the molecule is CB(C)O.CC(C)=O.CP(C)(=O)O.CS(C)(=O)=O. The van der Waals surface area contributed by atoms with E-state index in [4.69, 9.17) is 9.92 Å². The van der Waals surface area contributed by atoms with Crippen LogP contribution in [-0.2, 0) is 19.2 Å². The summed E-state index contributed by atoms with van der Waals surface area (Å²) in [6.45, 7) is 8.93. The normalized spacial score (nSPS) is 9.44. The molecule has 0 heterocycles. The average Bonchev–Trinajstić information content (AvgIpc) is 1.70. The molecule has 0 saturated heterocycles. The number of Topliss-reactive ketones (excluding diaryl/α,β-unsaturated/α-hetero) is 1. The highest BCUT2D eigenvalue weighted by Crippen LogP contribution is 2.27. The Hall–Kier alpha value is -0.165. The van der Waals surface area contributed by atoms with Gasteiger partial charge in [-0.15, -0.1) is 0 Å². The Bertz CT molecular complexity index is 310. The lowest BCUT2D eigenvalue weighted by atomic mass is 9.76. The van der Waals surface area contributed by atoms with Crippen LogP contribution in [0.3, 0.4) is 0 Å². The highest BCUT2D eigenvalue weighted by atomic mass is 32.2. The second-order valence-corrected chi connectivity index (χ2v) is 9.31. The molecule has 0 bridgehead atoms. The van der Waals surface area contributed by atoms with Crippen LogP contribution >= 0.6 is 7.37 Å². The number of hydrogen-bond donors (Lipinski definition) is 2. The molecule has 18 heavy (non-hydrogen) atoms. The van der Waals surface area contributed by atoms with Gasteiger partial charge in [-0.3, -0.25) is 4.57 Å². The molecule has 0 aliphatic rings. The van der Waals surface area contributed by atoms with Crippen LogP contribution in [0.5, 0.6) is 0 Å². The van der Waals surface area contributed by atoms with Crippen molar-refractivity contribution in [1.29, 1.82) is 0 Å². The average molecular weight is 304 g/mol. The quantitative estimate of drug-likeness (QED) is 0.510. The van der Waals surface area contributed by atoms with Gasteiger partial charge in [0.25, 0.3) is 6.92 Å². The Kier molecular flexibility index (Phi) is 19.5. The molecule has 0 fully saturated rings. The fraction of sp³-hybridized carbons (Fsp3) is 0.889. The first-order valence-electron chi connectivity index (χ1n) is 5.04. The largest absolute Gasteiger partial charge is 0.451 e. The monoisotopic (exact) mass is 304 g/mol. The van der Waals surface area contributed by atoms with E-state index in [0.717, 1.165) is 12.5 Å². The molecule has 6 nitrogen and oxygen atoms in total. The Labute approximate surface area is 111 Å². The molecule has 112 valence electrons. The molecule has 0 aromatic heterocycles. The highest BCUT2D eigenvalue weighted by Gasteiger charge is 1.92. The highest BCUT2D eigenvalue weighted by molar-refractivity contribution is 7.89. The van der Waals surface area contributed by atoms with Gasteiger partial charge in [-0.05, 0) is 13.8 Å². The Morgan fingerprint density at radius 2 is 1.11 bits per heavy atom. The van der Waals surface area contributed by atoms with E-state index in [-0.39, 0.29) is 12.7 Å². The maximum atomic E-state index is 9.77. The van der Waals surface area contributed by atoms with Gasteiger partial charge in [-0.2, -0.15) is 0 Å². The van der Waals surface area contributed by atoms with Gasteiger partial charge in [0, 0.05) is 25.8 Å². The van der Waals surface area contributed by atoms with Gasteiger partial charge < -0.3 is 14.7 Å². The molecule has 2 N–H and O–H groups in total. The van der Waals surface area contributed by atoms with Crippen molar-refractivity contribution in [2.45, 2.75) is 27.5 Å². The number of sulfone groups is 1. The van der Waals surface area contributed by atoms with Gasteiger partial charge in [-0.1, -0.05) is 13.6 Å². The summed E-state index contributed by atoms with van der Waals surface area (Å²) in [5.41, 5.74) is 0. The van der Waals surface area contributed by atoms with Gasteiger partial charge in [-0.25, -0.2) is 8.42 Å². The summed E-state index contributed by atoms with van der Waals surface area (Å²) < 4.78 is 29.0. The molecule has 0 radical (unpaired) electrons. The molecular weight excluding hydrogens is 278 g/mol. The summed E-state index contributed by atoms with van der Waals surface area (Å²) in [6.07, 6.45) is 2.32. The van der Waals surface area contributed by atoms with E-state index in [1.807, 2.05) is 0 Å². The lowest BCUT2D eigenvalue weighted by Crippen LogP contribution is -1.93. The third-order valence-corrected chi connectivity index (χ3v) is 0. The molecule has 9 heteroatoms. The van der Waals surface area contributed by atoms with Crippen LogP contribution in [0, 0.1) is 0 Å². The minimum absolute atomic E-state index is 0.167.